The van der Waals surface area contributed by atoms with E-state index in [-0.39, 0.29) is 6.42 Å². The molecule has 2 saturated carbocycles. The van der Waals surface area contributed by atoms with Gasteiger partial charge in [-0.05, 0) is 19.3 Å². The van der Waals surface area contributed by atoms with E-state index in [1.165, 1.54) is 0 Å². The van der Waals surface area contributed by atoms with E-state index in [4.69, 9.17) is 5.11 Å². The lowest BCUT2D eigenvalue weighted by Gasteiger charge is -2.35. The van der Waals surface area contributed by atoms with Crippen LogP contribution in [0.3, 0.4) is 0 Å². The number of hydrogen-bond donors (Lipinski definition) is 1. The smallest absolute Gasteiger partial charge is 0.286 e. The monoisotopic (exact) mass is 180 g/mol. The summed E-state index contributed by atoms with van der Waals surface area (Å²) in [6.45, 7) is -1.04. The van der Waals surface area contributed by atoms with Crippen molar-refractivity contribution in [1.82, 2.24) is 0 Å². The van der Waals surface area contributed by atoms with E-state index in [1.807, 2.05) is 0 Å². The number of hydrogen-bond acceptors (Lipinski definition) is 1. The van der Waals surface area contributed by atoms with Gasteiger partial charge in [-0.1, -0.05) is 0 Å². The summed E-state index contributed by atoms with van der Waals surface area (Å²) in [4.78, 5) is 0. The van der Waals surface area contributed by atoms with Crippen LogP contribution in [-0.2, 0) is 0 Å². The highest BCUT2D eigenvalue weighted by Gasteiger charge is 2.71. The van der Waals surface area contributed by atoms with Crippen molar-refractivity contribution in [3.8, 4) is 0 Å². The van der Waals surface area contributed by atoms with E-state index in [0.717, 1.165) is 0 Å². The molecule has 2 rings (SSSR count). The summed E-state index contributed by atoms with van der Waals surface area (Å²) in [5.41, 5.74) is -2.63. The van der Waals surface area contributed by atoms with Gasteiger partial charge in [0.15, 0.2) is 5.67 Å². The third kappa shape index (κ3) is 0.696. The first kappa shape index (κ1) is 8.35. The molecule has 0 aromatic rings. The third-order valence-electron chi connectivity index (χ3n) is 3.38. The fourth-order valence-corrected chi connectivity index (χ4v) is 2.57. The Morgan fingerprint density at radius 3 is 2.08 bits per heavy atom. The second-order valence-corrected chi connectivity index (χ2v) is 3.85. The van der Waals surface area contributed by atoms with Crippen LogP contribution in [0.1, 0.15) is 19.3 Å². The van der Waals surface area contributed by atoms with Gasteiger partial charge in [-0.25, -0.2) is 13.2 Å². The predicted octanol–water partition coefficient (Wildman–Crippen LogP) is 1.75. The van der Waals surface area contributed by atoms with Crippen LogP contribution in [0.2, 0.25) is 0 Å². The molecule has 0 aromatic carbocycles. The molecule has 2 aliphatic carbocycles. The molecule has 1 N–H and O–H groups in total. The number of aliphatic hydroxyl groups is 1. The number of alkyl halides is 3. The second kappa shape index (κ2) is 2.16. The standard InChI is InChI=1S/C8H11F3O/c9-7(4-12)5-1-2-6(3-5)8(7,10)11/h5-6,12H,1-4H2. The predicted molar refractivity (Wildman–Crippen MR) is 36.7 cm³/mol. The molecule has 3 atom stereocenters. The zero-order valence-corrected chi connectivity index (χ0v) is 6.56. The van der Waals surface area contributed by atoms with Gasteiger partial charge < -0.3 is 5.11 Å². The Morgan fingerprint density at radius 1 is 1.17 bits per heavy atom. The maximum Gasteiger partial charge on any atom is 0.286 e. The Hall–Kier alpha value is -0.250. The Kier molecular flexibility index (Phi) is 1.50. The number of rotatable bonds is 1. The molecule has 0 saturated heterocycles. The lowest BCUT2D eigenvalue weighted by molar-refractivity contribution is -0.185. The SMILES string of the molecule is OCC1(F)C2CCC(C2)C1(F)F. The maximum absolute atomic E-state index is 13.5. The van der Waals surface area contributed by atoms with Crippen LogP contribution in [0.25, 0.3) is 0 Å². The van der Waals surface area contributed by atoms with Crippen molar-refractivity contribution in [3.05, 3.63) is 0 Å². The molecule has 1 nitrogen and oxygen atoms in total. The van der Waals surface area contributed by atoms with E-state index in [2.05, 4.69) is 0 Å². The van der Waals surface area contributed by atoms with Crippen molar-refractivity contribution < 1.29 is 18.3 Å². The zero-order valence-electron chi connectivity index (χ0n) is 6.56. The molecule has 0 aromatic heterocycles. The van der Waals surface area contributed by atoms with E-state index in [0.29, 0.717) is 12.8 Å². The van der Waals surface area contributed by atoms with Crippen molar-refractivity contribution in [2.75, 3.05) is 6.61 Å². The number of aliphatic hydroxyl groups excluding tert-OH is 1. The van der Waals surface area contributed by atoms with Gasteiger partial charge in [0.25, 0.3) is 5.92 Å². The number of fused-ring (bicyclic) bond motifs is 2. The van der Waals surface area contributed by atoms with Gasteiger partial charge >= 0.3 is 0 Å². The molecule has 12 heavy (non-hydrogen) atoms. The normalized spacial score (nSPS) is 50.0. The van der Waals surface area contributed by atoms with Crippen molar-refractivity contribution in [2.45, 2.75) is 30.9 Å². The van der Waals surface area contributed by atoms with Crippen LogP contribution in [-0.4, -0.2) is 23.3 Å². The first-order chi connectivity index (χ1) is 5.52. The lowest BCUT2D eigenvalue weighted by atomic mass is 9.83. The summed E-state index contributed by atoms with van der Waals surface area (Å²) >= 11 is 0. The second-order valence-electron chi connectivity index (χ2n) is 3.85. The third-order valence-corrected chi connectivity index (χ3v) is 3.38. The molecule has 2 aliphatic rings. The van der Waals surface area contributed by atoms with Gasteiger partial charge in [0.1, 0.15) is 0 Å². The highest BCUT2D eigenvalue weighted by atomic mass is 19.3. The van der Waals surface area contributed by atoms with E-state index in [9.17, 15) is 13.2 Å². The van der Waals surface area contributed by atoms with Crippen LogP contribution in [0, 0.1) is 11.8 Å². The molecule has 2 bridgehead atoms. The largest absolute Gasteiger partial charge is 0.393 e. The summed E-state index contributed by atoms with van der Waals surface area (Å²) in [5.74, 6) is -4.76. The molecule has 3 unspecified atom stereocenters. The van der Waals surface area contributed by atoms with Crippen molar-refractivity contribution in [3.63, 3.8) is 0 Å². The average Bonchev–Trinajstić information content (AvgIpc) is 2.55. The first-order valence-corrected chi connectivity index (χ1v) is 4.20. The highest BCUT2D eigenvalue weighted by Crippen LogP contribution is 2.61. The summed E-state index contributed by atoms with van der Waals surface area (Å²) in [7, 11) is 0. The van der Waals surface area contributed by atoms with Crippen LogP contribution in [0.15, 0.2) is 0 Å². The van der Waals surface area contributed by atoms with Gasteiger partial charge in [-0.2, -0.15) is 0 Å². The van der Waals surface area contributed by atoms with Crippen LogP contribution < -0.4 is 0 Å². The van der Waals surface area contributed by atoms with Crippen molar-refractivity contribution in [1.29, 1.82) is 0 Å². The van der Waals surface area contributed by atoms with Gasteiger partial charge in [0.2, 0.25) is 0 Å². The molecule has 0 radical (unpaired) electrons. The minimum atomic E-state index is -3.30. The van der Waals surface area contributed by atoms with Crippen LogP contribution in [0.4, 0.5) is 13.2 Å². The summed E-state index contributed by atoms with van der Waals surface area (Å²) < 4.78 is 39.8. The average molecular weight is 180 g/mol. The Morgan fingerprint density at radius 2 is 1.75 bits per heavy atom. The first-order valence-electron chi connectivity index (χ1n) is 4.20. The van der Waals surface area contributed by atoms with Gasteiger partial charge in [0, 0.05) is 11.8 Å². The van der Waals surface area contributed by atoms with Crippen molar-refractivity contribution in [2.24, 2.45) is 11.8 Å². The minimum Gasteiger partial charge on any atom is -0.393 e. The van der Waals surface area contributed by atoms with Gasteiger partial charge in [0.05, 0.1) is 6.61 Å². The Bertz CT molecular complexity index is 206. The summed E-state index contributed by atoms with van der Waals surface area (Å²) in [6.07, 6.45) is 1.14. The van der Waals surface area contributed by atoms with Crippen LogP contribution >= 0.6 is 0 Å². The molecule has 4 heteroatoms. The summed E-state index contributed by atoms with van der Waals surface area (Å²) in [6, 6.07) is 0. The molecular weight excluding hydrogens is 169 g/mol. The maximum atomic E-state index is 13.5. The lowest BCUT2D eigenvalue weighted by Crippen LogP contribution is -2.51. The molecule has 0 heterocycles. The van der Waals surface area contributed by atoms with Gasteiger partial charge in [-0.3, -0.25) is 0 Å². The Balaban J connectivity index is 2.34. The number of halogens is 3. The van der Waals surface area contributed by atoms with E-state index >= 15 is 0 Å². The Labute approximate surface area is 68.6 Å². The molecule has 0 aliphatic heterocycles. The zero-order chi connectivity index (χ0) is 8.98. The quantitative estimate of drug-likeness (QED) is 0.651. The summed E-state index contributed by atoms with van der Waals surface area (Å²) in [5, 5.41) is 8.63. The minimum absolute atomic E-state index is 0.240. The molecular formula is C8H11F3O. The fourth-order valence-electron chi connectivity index (χ4n) is 2.57. The van der Waals surface area contributed by atoms with E-state index < -0.39 is 30.0 Å². The molecule has 0 spiro atoms. The molecule has 70 valence electrons. The van der Waals surface area contributed by atoms with E-state index in [1.54, 1.807) is 0 Å². The van der Waals surface area contributed by atoms with Gasteiger partial charge in [-0.15, -0.1) is 0 Å². The molecule has 0 amide bonds. The topological polar surface area (TPSA) is 20.2 Å². The fraction of sp³-hybridized carbons (Fsp3) is 1.00. The van der Waals surface area contributed by atoms with Crippen LogP contribution in [0.5, 0.6) is 0 Å². The molecule has 2 fully saturated rings. The van der Waals surface area contributed by atoms with Crippen molar-refractivity contribution >= 4 is 0 Å². The highest BCUT2D eigenvalue weighted by molar-refractivity contribution is 5.12.